The number of carbonyl (C=O) groups excluding carboxylic acids is 1. The second-order valence-corrected chi connectivity index (χ2v) is 8.19. The lowest BCUT2D eigenvalue weighted by Crippen LogP contribution is -1.99. The molecule has 0 bridgehead atoms. The molecule has 0 aliphatic heterocycles. The molecular formula is C30H30N2O6. The van der Waals surface area contributed by atoms with Gasteiger partial charge in [0.1, 0.15) is 0 Å². The summed E-state index contributed by atoms with van der Waals surface area (Å²) in [4.78, 5) is 15.9. The van der Waals surface area contributed by atoms with Crippen molar-refractivity contribution in [1.82, 2.24) is 4.98 Å². The standard InChI is InChI=1S/C30H30N2O6/c1-34-26-15-19(10-11-20-16-27(35-2)30(38-5)28(17-20)36-3)14-24(29(26)37-4)31-13-12-25(33)22-18-32-23-9-7-6-8-21(22)23/h6-18,31-32H,1-5H3/b11-10-,13-12-. The molecule has 0 spiro atoms. The van der Waals surface area contributed by atoms with Crippen LogP contribution < -0.4 is 29.0 Å². The SMILES string of the molecule is COc1cc(/C=C\c2cc(OC)c(OC)c(OC)c2)cc(N/C=C\C(=O)c2c[nH]c3ccccc23)c1OC. The van der Waals surface area contributed by atoms with Crippen LogP contribution in [0, 0.1) is 0 Å². The Balaban J connectivity index is 1.60. The summed E-state index contributed by atoms with van der Waals surface area (Å²) in [5.74, 6) is 2.58. The van der Waals surface area contributed by atoms with E-state index in [-0.39, 0.29) is 5.78 Å². The maximum Gasteiger partial charge on any atom is 0.203 e. The lowest BCUT2D eigenvalue weighted by atomic mass is 10.1. The highest BCUT2D eigenvalue weighted by Gasteiger charge is 2.14. The Kier molecular flexibility index (Phi) is 8.23. The maximum absolute atomic E-state index is 12.8. The van der Waals surface area contributed by atoms with E-state index in [2.05, 4.69) is 10.3 Å². The molecule has 0 saturated heterocycles. The zero-order valence-electron chi connectivity index (χ0n) is 22.0. The molecule has 0 aliphatic rings. The molecule has 1 aromatic heterocycles. The molecule has 8 heteroatoms. The van der Waals surface area contributed by atoms with E-state index >= 15 is 0 Å². The Morgan fingerprint density at radius 3 is 1.95 bits per heavy atom. The number of methoxy groups -OCH3 is 5. The van der Waals surface area contributed by atoms with Crippen molar-refractivity contribution in [2.75, 3.05) is 40.9 Å². The lowest BCUT2D eigenvalue weighted by Gasteiger charge is -2.14. The summed E-state index contributed by atoms with van der Waals surface area (Å²) in [6, 6.07) is 15.2. The van der Waals surface area contributed by atoms with Gasteiger partial charge in [-0.1, -0.05) is 30.4 Å². The summed E-state index contributed by atoms with van der Waals surface area (Å²) < 4.78 is 27.4. The topological polar surface area (TPSA) is 91.0 Å². The number of aromatic amines is 1. The summed E-state index contributed by atoms with van der Waals surface area (Å²) in [7, 11) is 7.86. The van der Waals surface area contributed by atoms with Crippen molar-refractivity contribution in [3.8, 4) is 28.7 Å². The van der Waals surface area contributed by atoms with Gasteiger partial charge in [-0.05, 0) is 41.5 Å². The number of carbonyl (C=O) groups is 1. The van der Waals surface area contributed by atoms with E-state index < -0.39 is 0 Å². The number of ketones is 1. The van der Waals surface area contributed by atoms with Gasteiger partial charge in [-0.25, -0.2) is 0 Å². The predicted octanol–water partition coefficient (Wildman–Crippen LogP) is 6.19. The Morgan fingerprint density at radius 2 is 1.34 bits per heavy atom. The summed E-state index contributed by atoms with van der Waals surface area (Å²) in [5.41, 5.74) is 3.85. The molecule has 38 heavy (non-hydrogen) atoms. The zero-order valence-corrected chi connectivity index (χ0v) is 22.0. The fourth-order valence-electron chi connectivity index (χ4n) is 4.15. The van der Waals surface area contributed by atoms with Crippen molar-refractivity contribution in [3.63, 3.8) is 0 Å². The summed E-state index contributed by atoms with van der Waals surface area (Å²) in [5, 5.41) is 4.04. The van der Waals surface area contributed by atoms with E-state index in [1.807, 2.05) is 60.7 Å². The lowest BCUT2D eigenvalue weighted by molar-refractivity contribution is 0.104. The first-order valence-electron chi connectivity index (χ1n) is 11.8. The molecule has 0 unspecified atom stereocenters. The number of rotatable bonds is 11. The molecule has 0 atom stereocenters. The first-order valence-corrected chi connectivity index (χ1v) is 11.8. The monoisotopic (exact) mass is 514 g/mol. The van der Waals surface area contributed by atoms with Gasteiger partial charge in [-0.2, -0.15) is 0 Å². The molecule has 2 N–H and O–H groups in total. The van der Waals surface area contributed by atoms with Crippen LogP contribution in [0.1, 0.15) is 21.5 Å². The van der Waals surface area contributed by atoms with Crippen LogP contribution in [0.2, 0.25) is 0 Å². The maximum atomic E-state index is 12.8. The number of anilines is 1. The van der Waals surface area contributed by atoms with Gasteiger partial charge in [0.2, 0.25) is 5.75 Å². The van der Waals surface area contributed by atoms with Gasteiger partial charge in [0.15, 0.2) is 28.8 Å². The summed E-state index contributed by atoms with van der Waals surface area (Å²) in [6.45, 7) is 0. The number of hydrogen-bond acceptors (Lipinski definition) is 7. The van der Waals surface area contributed by atoms with Crippen molar-refractivity contribution in [1.29, 1.82) is 0 Å². The van der Waals surface area contributed by atoms with Gasteiger partial charge in [0.05, 0.1) is 41.2 Å². The highest BCUT2D eigenvalue weighted by Crippen LogP contribution is 2.40. The van der Waals surface area contributed by atoms with E-state index in [0.29, 0.717) is 40.0 Å². The van der Waals surface area contributed by atoms with Crippen LogP contribution >= 0.6 is 0 Å². The largest absolute Gasteiger partial charge is 0.493 e. The highest BCUT2D eigenvalue weighted by atomic mass is 16.5. The smallest absolute Gasteiger partial charge is 0.203 e. The van der Waals surface area contributed by atoms with Crippen molar-refractivity contribution < 1.29 is 28.5 Å². The van der Waals surface area contributed by atoms with Crippen molar-refractivity contribution in [3.05, 3.63) is 83.7 Å². The van der Waals surface area contributed by atoms with Crippen LogP contribution in [0.25, 0.3) is 23.1 Å². The van der Waals surface area contributed by atoms with Gasteiger partial charge in [-0.3, -0.25) is 4.79 Å². The summed E-state index contributed by atoms with van der Waals surface area (Å²) in [6.07, 6.45) is 8.64. The number of fused-ring (bicyclic) bond motifs is 1. The van der Waals surface area contributed by atoms with E-state index in [1.54, 1.807) is 47.9 Å². The van der Waals surface area contributed by atoms with Gasteiger partial charge in [0.25, 0.3) is 0 Å². The molecule has 0 amide bonds. The number of H-pyrrole nitrogens is 1. The van der Waals surface area contributed by atoms with Crippen LogP contribution in [-0.2, 0) is 0 Å². The molecule has 8 nitrogen and oxygen atoms in total. The quantitative estimate of drug-likeness (QED) is 0.140. The van der Waals surface area contributed by atoms with Gasteiger partial charge >= 0.3 is 0 Å². The van der Waals surface area contributed by atoms with Crippen LogP contribution in [0.3, 0.4) is 0 Å². The minimum atomic E-state index is -0.126. The van der Waals surface area contributed by atoms with Crippen LogP contribution in [0.5, 0.6) is 28.7 Å². The number of aromatic nitrogens is 1. The van der Waals surface area contributed by atoms with Crippen molar-refractivity contribution in [2.45, 2.75) is 0 Å². The second-order valence-electron chi connectivity index (χ2n) is 8.19. The predicted molar refractivity (Wildman–Crippen MR) is 150 cm³/mol. The van der Waals surface area contributed by atoms with Gasteiger partial charge < -0.3 is 34.0 Å². The fourth-order valence-corrected chi connectivity index (χ4v) is 4.15. The average Bonchev–Trinajstić information content (AvgIpc) is 3.39. The Labute approximate surface area is 221 Å². The normalized spacial score (nSPS) is 11.2. The molecule has 4 aromatic rings. The third-order valence-corrected chi connectivity index (χ3v) is 5.98. The van der Waals surface area contributed by atoms with Gasteiger partial charge in [-0.15, -0.1) is 0 Å². The molecule has 3 aromatic carbocycles. The number of benzene rings is 3. The van der Waals surface area contributed by atoms with E-state index in [1.165, 1.54) is 6.08 Å². The molecule has 0 saturated carbocycles. The molecule has 0 aliphatic carbocycles. The number of para-hydroxylation sites is 1. The Morgan fingerprint density at radius 1 is 0.763 bits per heavy atom. The van der Waals surface area contributed by atoms with Crippen molar-refractivity contribution >= 4 is 34.5 Å². The highest BCUT2D eigenvalue weighted by molar-refractivity contribution is 6.13. The van der Waals surface area contributed by atoms with E-state index in [4.69, 9.17) is 23.7 Å². The molecule has 0 radical (unpaired) electrons. The molecular weight excluding hydrogens is 484 g/mol. The first-order chi connectivity index (χ1) is 18.5. The third kappa shape index (κ3) is 5.44. The number of ether oxygens (including phenoxy) is 5. The molecule has 196 valence electrons. The van der Waals surface area contributed by atoms with E-state index in [0.717, 1.165) is 22.0 Å². The van der Waals surface area contributed by atoms with Crippen LogP contribution in [0.4, 0.5) is 5.69 Å². The van der Waals surface area contributed by atoms with Crippen LogP contribution in [-0.4, -0.2) is 46.3 Å². The first kappa shape index (κ1) is 26.2. The summed E-state index contributed by atoms with van der Waals surface area (Å²) >= 11 is 0. The molecule has 4 rings (SSSR count). The Bertz CT molecular complexity index is 1480. The zero-order chi connectivity index (χ0) is 27.1. The number of nitrogens with one attached hydrogen (secondary N) is 2. The molecule has 1 heterocycles. The minimum Gasteiger partial charge on any atom is -0.493 e. The Hall–Kier alpha value is -4.85. The number of allylic oxidation sites excluding steroid dienone is 1. The second kappa shape index (κ2) is 11.9. The van der Waals surface area contributed by atoms with Crippen molar-refractivity contribution in [2.24, 2.45) is 0 Å². The molecule has 0 fully saturated rings. The fraction of sp³-hybridized carbons (Fsp3) is 0.167. The van der Waals surface area contributed by atoms with Crippen LogP contribution in [0.15, 0.2) is 67.0 Å². The third-order valence-electron chi connectivity index (χ3n) is 5.98. The van der Waals surface area contributed by atoms with E-state index in [9.17, 15) is 4.79 Å². The minimum absolute atomic E-state index is 0.126. The van der Waals surface area contributed by atoms with Gasteiger partial charge in [0, 0.05) is 34.9 Å². The number of hydrogen-bond donors (Lipinski definition) is 2. The average molecular weight is 515 g/mol.